The molecule has 0 amide bonds. The van der Waals surface area contributed by atoms with E-state index < -0.39 is 0 Å². The van der Waals surface area contributed by atoms with Crippen LogP contribution in [0.1, 0.15) is 12.8 Å². The van der Waals surface area contributed by atoms with Crippen LogP contribution in [0.3, 0.4) is 0 Å². The van der Waals surface area contributed by atoms with Gasteiger partial charge in [0.05, 0.1) is 16.8 Å². The van der Waals surface area contributed by atoms with E-state index in [9.17, 15) is 4.79 Å². The zero-order valence-corrected chi connectivity index (χ0v) is 12.1. The van der Waals surface area contributed by atoms with Gasteiger partial charge in [0.15, 0.2) is 0 Å². The highest BCUT2D eigenvalue weighted by atomic mass is 16.5. The van der Waals surface area contributed by atoms with Gasteiger partial charge in [0, 0.05) is 30.1 Å². The predicted octanol–water partition coefficient (Wildman–Crippen LogP) is 0.697. The fourth-order valence-electron chi connectivity index (χ4n) is 3.21. The zero-order valence-electron chi connectivity index (χ0n) is 12.1. The Labute approximate surface area is 130 Å². The van der Waals surface area contributed by atoms with E-state index in [1.54, 1.807) is 12.5 Å². The number of nitrogens with zero attached hydrogens (tertiary/aromatic N) is 3. The van der Waals surface area contributed by atoms with Crippen molar-refractivity contribution in [1.82, 2.24) is 19.7 Å². The minimum Gasteiger partial charge on any atom is -0.460 e. The Balaban J connectivity index is 1.85. The summed E-state index contributed by atoms with van der Waals surface area (Å²) in [5.41, 5.74) is 2.45. The van der Waals surface area contributed by atoms with Crippen molar-refractivity contribution < 1.29 is 4.74 Å². The molecule has 23 heavy (non-hydrogen) atoms. The number of imidazole rings is 1. The number of aromatic amines is 1. The highest BCUT2D eigenvalue weighted by Crippen LogP contribution is 2.34. The van der Waals surface area contributed by atoms with Crippen LogP contribution in [0, 0.1) is 0 Å². The SMILES string of the molecule is O=c1[nH]nc2c3c1=CCCC=3Oc1ccc(-n3ccnc3)cc1-2. The van der Waals surface area contributed by atoms with Crippen molar-refractivity contribution in [3.05, 3.63) is 57.7 Å². The summed E-state index contributed by atoms with van der Waals surface area (Å²) in [6, 6.07) is 5.92. The van der Waals surface area contributed by atoms with Crippen LogP contribution in [-0.2, 0) is 0 Å². The average Bonchev–Trinajstić information content (AvgIpc) is 3.11. The van der Waals surface area contributed by atoms with Gasteiger partial charge < -0.3 is 9.30 Å². The van der Waals surface area contributed by atoms with E-state index in [0.29, 0.717) is 5.22 Å². The van der Waals surface area contributed by atoms with Crippen LogP contribution in [0.2, 0.25) is 0 Å². The largest absolute Gasteiger partial charge is 0.460 e. The first-order valence-electron chi connectivity index (χ1n) is 7.44. The first-order chi connectivity index (χ1) is 11.3. The molecule has 0 saturated carbocycles. The van der Waals surface area contributed by atoms with Crippen LogP contribution in [0.5, 0.6) is 5.75 Å². The standard InChI is InChI=1S/C17H12N4O2/c22-17-11-2-1-3-14-15(11)16(19-20-17)12-8-10(4-5-13(12)23-14)21-7-6-18-9-21/h2,4-9H,1,3H2,(H,20,22). The monoisotopic (exact) mass is 304 g/mol. The van der Waals surface area contributed by atoms with Crippen LogP contribution in [0.15, 0.2) is 41.7 Å². The summed E-state index contributed by atoms with van der Waals surface area (Å²) in [5.74, 6) is 1.60. The number of ether oxygens (including phenoxy) is 1. The summed E-state index contributed by atoms with van der Waals surface area (Å²) in [4.78, 5) is 16.1. The molecule has 3 heterocycles. The molecule has 0 bridgehead atoms. The van der Waals surface area contributed by atoms with E-state index in [1.807, 2.05) is 35.0 Å². The number of hydrogen-bond acceptors (Lipinski definition) is 4. The molecule has 2 aliphatic rings. The minimum absolute atomic E-state index is 0.168. The molecule has 6 heteroatoms. The van der Waals surface area contributed by atoms with Gasteiger partial charge in [0.1, 0.15) is 17.2 Å². The molecular weight excluding hydrogens is 292 g/mol. The summed E-state index contributed by atoms with van der Waals surface area (Å²) in [5, 5.41) is 8.39. The number of benzene rings is 1. The maximum Gasteiger partial charge on any atom is 0.271 e. The van der Waals surface area contributed by atoms with Gasteiger partial charge in [-0.25, -0.2) is 10.1 Å². The molecule has 0 fully saturated rings. The fraction of sp³-hybridized carbons (Fsp3) is 0.118. The summed E-state index contributed by atoms with van der Waals surface area (Å²) in [6.07, 6.45) is 8.90. The second kappa shape index (κ2) is 4.42. The molecule has 1 aliphatic carbocycles. The summed E-state index contributed by atoms with van der Waals surface area (Å²) in [6.45, 7) is 0. The van der Waals surface area contributed by atoms with E-state index in [2.05, 4.69) is 15.2 Å². The number of rotatable bonds is 1. The van der Waals surface area contributed by atoms with Crippen molar-refractivity contribution in [1.29, 1.82) is 0 Å². The molecule has 1 aromatic carbocycles. The van der Waals surface area contributed by atoms with Gasteiger partial charge in [-0.1, -0.05) is 6.08 Å². The minimum atomic E-state index is -0.168. The lowest BCUT2D eigenvalue weighted by Gasteiger charge is -2.22. The van der Waals surface area contributed by atoms with Gasteiger partial charge in [-0.15, -0.1) is 0 Å². The topological polar surface area (TPSA) is 72.8 Å². The number of aromatic nitrogens is 4. The smallest absolute Gasteiger partial charge is 0.271 e. The summed E-state index contributed by atoms with van der Waals surface area (Å²) < 4.78 is 7.97. The molecule has 2 aromatic heterocycles. The molecule has 3 aromatic rings. The normalized spacial score (nSPS) is 14.5. The van der Waals surface area contributed by atoms with Crippen molar-refractivity contribution >= 4 is 11.8 Å². The van der Waals surface area contributed by atoms with Gasteiger partial charge >= 0.3 is 0 Å². The summed E-state index contributed by atoms with van der Waals surface area (Å²) in [7, 11) is 0. The quantitative estimate of drug-likeness (QED) is 0.718. The van der Waals surface area contributed by atoms with Crippen molar-refractivity contribution in [3.63, 3.8) is 0 Å². The molecule has 5 rings (SSSR count). The van der Waals surface area contributed by atoms with Crippen molar-refractivity contribution in [2.45, 2.75) is 12.8 Å². The van der Waals surface area contributed by atoms with E-state index in [1.165, 1.54) is 0 Å². The zero-order chi connectivity index (χ0) is 15.4. The Hall–Kier alpha value is -3.15. The molecule has 0 radical (unpaired) electrons. The molecule has 0 unspecified atom stereocenters. The maximum absolute atomic E-state index is 12.0. The molecule has 112 valence electrons. The fourth-order valence-corrected chi connectivity index (χ4v) is 3.21. The Morgan fingerprint density at radius 3 is 3.13 bits per heavy atom. The lowest BCUT2D eigenvalue weighted by Crippen LogP contribution is -2.47. The first kappa shape index (κ1) is 12.4. The number of hydrogen-bond donors (Lipinski definition) is 1. The Bertz CT molecular complexity index is 1110. The van der Waals surface area contributed by atoms with Crippen LogP contribution < -0.4 is 20.7 Å². The average molecular weight is 304 g/mol. The number of fused-ring (bicyclic) bond motifs is 2. The van der Waals surface area contributed by atoms with Gasteiger partial charge in [0.25, 0.3) is 5.56 Å². The van der Waals surface area contributed by atoms with Gasteiger partial charge in [-0.3, -0.25) is 4.79 Å². The van der Waals surface area contributed by atoms with Crippen molar-refractivity contribution in [2.75, 3.05) is 0 Å². The molecule has 1 aliphatic heterocycles. The van der Waals surface area contributed by atoms with Crippen molar-refractivity contribution in [3.8, 4) is 22.7 Å². The third-order valence-corrected chi connectivity index (χ3v) is 4.27. The maximum atomic E-state index is 12.0. The molecule has 6 nitrogen and oxygen atoms in total. The van der Waals surface area contributed by atoms with Gasteiger partial charge in [-0.05, 0) is 24.6 Å². The molecule has 0 atom stereocenters. The van der Waals surface area contributed by atoms with E-state index in [-0.39, 0.29) is 5.56 Å². The van der Waals surface area contributed by atoms with E-state index in [4.69, 9.17) is 4.74 Å². The third kappa shape index (κ3) is 1.72. The Morgan fingerprint density at radius 2 is 2.26 bits per heavy atom. The highest BCUT2D eigenvalue weighted by molar-refractivity contribution is 5.76. The van der Waals surface area contributed by atoms with Crippen molar-refractivity contribution in [2.24, 2.45) is 0 Å². The predicted molar refractivity (Wildman–Crippen MR) is 84.4 cm³/mol. The lowest BCUT2D eigenvalue weighted by molar-refractivity contribution is 0.480. The van der Waals surface area contributed by atoms with Crippen LogP contribution >= 0.6 is 0 Å². The molecule has 1 N–H and O–H groups in total. The van der Waals surface area contributed by atoms with Crippen LogP contribution in [-0.4, -0.2) is 19.7 Å². The number of nitrogens with one attached hydrogen (secondary N) is 1. The first-order valence-corrected chi connectivity index (χ1v) is 7.44. The van der Waals surface area contributed by atoms with E-state index >= 15 is 0 Å². The summed E-state index contributed by atoms with van der Waals surface area (Å²) >= 11 is 0. The van der Waals surface area contributed by atoms with E-state index in [0.717, 1.165) is 46.5 Å². The second-order valence-corrected chi connectivity index (χ2v) is 5.61. The highest BCUT2D eigenvalue weighted by Gasteiger charge is 2.23. The van der Waals surface area contributed by atoms with Crippen LogP contribution in [0.25, 0.3) is 28.8 Å². The van der Waals surface area contributed by atoms with Crippen LogP contribution in [0.4, 0.5) is 0 Å². The van der Waals surface area contributed by atoms with Gasteiger partial charge in [-0.2, -0.15) is 5.10 Å². The Kier molecular flexibility index (Phi) is 2.38. The second-order valence-electron chi connectivity index (χ2n) is 5.61. The Morgan fingerprint density at radius 1 is 1.30 bits per heavy atom. The lowest BCUT2D eigenvalue weighted by atomic mass is 9.99. The number of H-pyrrole nitrogens is 1. The molecule has 0 spiro atoms. The molecule has 0 saturated heterocycles. The van der Waals surface area contributed by atoms with Gasteiger partial charge in [0.2, 0.25) is 0 Å². The third-order valence-electron chi connectivity index (χ3n) is 4.27. The molecular formula is C17H12N4O2.